The molecule has 0 fully saturated rings. The van der Waals surface area contributed by atoms with Gasteiger partial charge in [0.05, 0.1) is 11.6 Å². The molecule has 6 heteroatoms. The molecule has 0 bridgehead atoms. The lowest BCUT2D eigenvalue weighted by molar-refractivity contribution is -0.123. The normalized spacial score (nSPS) is 11.4. The van der Waals surface area contributed by atoms with E-state index in [1.165, 1.54) is 18.3 Å². The lowest BCUT2D eigenvalue weighted by Crippen LogP contribution is -2.29. The highest BCUT2D eigenvalue weighted by Gasteiger charge is 2.21. The predicted molar refractivity (Wildman–Crippen MR) is 93.1 cm³/mol. The second kappa shape index (κ2) is 7.75. The molecule has 2 rings (SSSR count). The number of nitriles is 1. The number of benzene rings is 1. The van der Waals surface area contributed by atoms with E-state index in [4.69, 9.17) is 10.00 Å². The number of thiophene rings is 1. The zero-order valence-corrected chi connectivity index (χ0v) is 14.6. The molecule has 1 aromatic carbocycles. The summed E-state index contributed by atoms with van der Waals surface area (Å²) in [7, 11) is 0. The maximum Gasteiger partial charge on any atom is 0.349 e. The van der Waals surface area contributed by atoms with Crippen LogP contribution in [0.4, 0.5) is 5.69 Å². The number of rotatable bonds is 5. The molecule has 1 atom stereocenters. The van der Waals surface area contributed by atoms with Crippen molar-refractivity contribution >= 4 is 28.9 Å². The first-order valence-electron chi connectivity index (χ1n) is 7.56. The molecule has 0 saturated carbocycles. The summed E-state index contributed by atoms with van der Waals surface area (Å²) in [6, 6.07) is 10.3. The van der Waals surface area contributed by atoms with Gasteiger partial charge in [-0.1, -0.05) is 6.92 Å². The third kappa shape index (κ3) is 4.21. The van der Waals surface area contributed by atoms with Crippen LogP contribution >= 0.6 is 11.3 Å². The van der Waals surface area contributed by atoms with Crippen LogP contribution in [0.5, 0.6) is 0 Å². The summed E-state index contributed by atoms with van der Waals surface area (Å²) in [5.41, 5.74) is 2.16. The first kappa shape index (κ1) is 17.7. The molecule has 124 valence electrons. The lowest BCUT2D eigenvalue weighted by Gasteiger charge is -2.13. The summed E-state index contributed by atoms with van der Waals surface area (Å²) in [5.74, 6) is -0.915. The first-order chi connectivity index (χ1) is 11.4. The van der Waals surface area contributed by atoms with E-state index < -0.39 is 18.0 Å². The van der Waals surface area contributed by atoms with E-state index in [9.17, 15) is 9.59 Å². The highest BCUT2D eigenvalue weighted by Crippen LogP contribution is 2.23. The first-order valence-corrected chi connectivity index (χ1v) is 8.37. The predicted octanol–water partition coefficient (Wildman–Crippen LogP) is 3.67. The molecule has 1 heterocycles. The Morgan fingerprint density at radius 2 is 2.00 bits per heavy atom. The van der Waals surface area contributed by atoms with Crippen molar-refractivity contribution in [3.05, 3.63) is 51.2 Å². The van der Waals surface area contributed by atoms with Crippen molar-refractivity contribution in [1.82, 2.24) is 0 Å². The van der Waals surface area contributed by atoms with Crippen LogP contribution in [0.3, 0.4) is 0 Å². The minimum atomic E-state index is -0.916. The smallest absolute Gasteiger partial charge is 0.349 e. The Morgan fingerprint density at radius 3 is 2.54 bits per heavy atom. The maximum atomic E-state index is 12.1. The van der Waals surface area contributed by atoms with E-state index in [-0.39, 0.29) is 0 Å². The van der Waals surface area contributed by atoms with Crippen LogP contribution in [0, 0.1) is 18.3 Å². The number of ether oxygens (including phenoxy) is 1. The minimum Gasteiger partial charge on any atom is -0.448 e. The molecule has 2 aromatic rings. The average molecular weight is 342 g/mol. The van der Waals surface area contributed by atoms with Crippen LogP contribution < -0.4 is 5.32 Å². The topological polar surface area (TPSA) is 79.2 Å². The van der Waals surface area contributed by atoms with Gasteiger partial charge in [0.2, 0.25) is 0 Å². The Bertz CT molecular complexity index is 788. The molecule has 0 radical (unpaired) electrons. The number of carbonyl (C=O) groups is 2. The van der Waals surface area contributed by atoms with Crippen molar-refractivity contribution < 1.29 is 14.3 Å². The summed E-state index contributed by atoms with van der Waals surface area (Å²) >= 11 is 1.37. The van der Waals surface area contributed by atoms with Gasteiger partial charge in [-0.2, -0.15) is 5.26 Å². The molecule has 0 saturated heterocycles. The Morgan fingerprint density at radius 1 is 1.33 bits per heavy atom. The van der Waals surface area contributed by atoms with Crippen LogP contribution in [0.2, 0.25) is 0 Å². The number of hydrogen-bond acceptors (Lipinski definition) is 5. The molecular formula is C18H18N2O3S. The monoisotopic (exact) mass is 342 g/mol. The van der Waals surface area contributed by atoms with E-state index in [2.05, 4.69) is 5.32 Å². The van der Waals surface area contributed by atoms with Crippen molar-refractivity contribution in [3.8, 4) is 6.07 Å². The zero-order chi connectivity index (χ0) is 17.7. The molecule has 5 nitrogen and oxygen atoms in total. The number of carbonyl (C=O) groups excluding carboxylic acids is 2. The van der Waals surface area contributed by atoms with E-state index in [0.29, 0.717) is 16.1 Å². The van der Waals surface area contributed by atoms with Gasteiger partial charge in [0.1, 0.15) is 4.88 Å². The summed E-state index contributed by atoms with van der Waals surface area (Å²) in [5, 5.41) is 11.4. The zero-order valence-electron chi connectivity index (χ0n) is 13.8. The van der Waals surface area contributed by atoms with Crippen LogP contribution in [0.15, 0.2) is 30.3 Å². The summed E-state index contributed by atoms with van der Waals surface area (Å²) in [6.45, 7) is 5.51. The Labute approximate surface area is 144 Å². The number of anilines is 1. The van der Waals surface area contributed by atoms with E-state index in [0.717, 1.165) is 16.9 Å². The highest BCUT2D eigenvalue weighted by atomic mass is 32.1. The number of nitrogens with zero attached hydrogens (tertiary/aromatic N) is 1. The van der Waals surface area contributed by atoms with Gasteiger partial charge >= 0.3 is 5.97 Å². The fourth-order valence-corrected chi connectivity index (χ4v) is 3.11. The summed E-state index contributed by atoms with van der Waals surface area (Å²) < 4.78 is 5.24. The fourth-order valence-electron chi connectivity index (χ4n) is 2.12. The minimum absolute atomic E-state index is 0.419. The van der Waals surface area contributed by atoms with Crippen molar-refractivity contribution in [3.63, 3.8) is 0 Å². The van der Waals surface area contributed by atoms with E-state index in [1.54, 1.807) is 24.3 Å². The Hall–Kier alpha value is -2.65. The molecular weight excluding hydrogens is 324 g/mol. The number of nitrogens with one attached hydrogen (secondary N) is 1. The van der Waals surface area contributed by atoms with Crippen molar-refractivity contribution in [1.29, 1.82) is 5.26 Å². The van der Waals surface area contributed by atoms with Gasteiger partial charge in [-0.3, -0.25) is 4.79 Å². The Kier molecular flexibility index (Phi) is 5.72. The second-order valence-electron chi connectivity index (χ2n) is 5.27. The third-order valence-corrected chi connectivity index (χ3v) is 4.61. The van der Waals surface area contributed by atoms with Gasteiger partial charge in [-0.15, -0.1) is 11.3 Å². The molecule has 24 heavy (non-hydrogen) atoms. The number of amides is 1. The van der Waals surface area contributed by atoms with Crippen molar-refractivity contribution in [2.45, 2.75) is 33.3 Å². The second-order valence-corrected chi connectivity index (χ2v) is 6.53. The lowest BCUT2D eigenvalue weighted by atomic mass is 10.2. The molecule has 1 aromatic heterocycles. The number of esters is 1. The molecule has 0 aliphatic heterocycles. The van der Waals surface area contributed by atoms with Crippen LogP contribution in [0.25, 0.3) is 0 Å². The van der Waals surface area contributed by atoms with Crippen LogP contribution in [0.1, 0.15) is 39.5 Å². The SMILES string of the molecule is CCc1cc(C(=O)O[C@@H](C)C(=O)Nc2ccc(C#N)cc2)sc1C. The number of aryl methyl sites for hydroxylation is 2. The molecule has 1 amide bonds. The molecule has 0 unspecified atom stereocenters. The average Bonchev–Trinajstić information content (AvgIpc) is 2.96. The van der Waals surface area contributed by atoms with Gasteiger partial charge < -0.3 is 10.1 Å². The Balaban J connectivity index is 1.97. The third-order valence-electron chi connectivity index (χ3n) is 3.54. The standard InChI is InChI=1S/C18H18N2O3S/c1-4-14-9-16(24-12(14)3)18(22)23-11(2)17(21)20-15-7-5-13(10-19)6-8-15/h5-9,11H,4H2,1-3H3,(H,20,21)/t11-/m0/s1. The van der Waals surface area contributed by atoms with Gasteiger partial charge in [-0.25, -0.2) is 4.79 Å². The van der Waals surface area contributed by atoms with Gasteiger partial charge in [0.25, 0.3) is 5.91 Å². The van der Waals surface area contributed by atoms with Crippen molar-refractivity contribution in [2.75, 3.05) is 5.32 Å². The largest absolute Gasteiger partial charge is 0.448 e. The number of hydrogen-bond donors (Lipinski definition) is 1. The van der Waals surface area contributed by atoms with Gasteiger partial charge in [0, 0.05) is 10.6 Å². The molecule has 0 aliphatic rings. The van der Waals surface area contributed by atoms with Crippen molar-refractivity contribution in [2.24, 2.45) is 0 Å². The van der Waals surface area contributed by atoms with Crippen LogP contribution in [-0.2, 0) is 16.0 Å². The van der Waals surface area contributed by atoms with E-state index in [1.807, 2.05) is 26.0 Å². The molecule has 0 spiro atoms. The van der Waals surface area contributed by atoms with Gasteiger partial charge in [0.15, 0.2) is 6.10 Å². The van der Waals surface area contributed by atoms with E-state index >= 15 is 0 Å². The molecule has 1 N–H and O–H groups in total. The maximum absolute atomic E-state index is 12.1. The fraction of sp³-hybridized carbons (Fsp3) is 0.278. The van der Waals surface area contributed by atoms with Crippen LogP contribution in [-0.4, -0.2) is 18.0 Å². The quantitative estimate of drug-likeness (QED) is 0.841. The summed E-state index contributed by atoms with van der Waals surface area (Å²) in [6.07, 6.45) is -0.0646. The highest BCUT2D eigenvalue weighted by molar-refractivity contribution is 7.14. The van der Waals surface area contributed by atoms with Gasteiger partial charge in [-0.05, 0) is 56.2 Å². The summed E-state index contributed by atoms with van der Waals surface area (Å²) in [4.78, 5) is 25.8. The molecule has 0 aliphatic carbocycles.